The first kappa shape index (κ1) is 13.1. The lowest BCUT2D eigenvalue weighted by Crippen LogP contribution is -2.31. The lowest BCUT2D eigenvalue weighted by molar-refractivity contribution is -0.189. The first-order chi connectivity index (χ1) is 7.84. The Kier molecular flexibility index (Phi) is 3.77. The Morgan fingerprint density at radius 2 is 2.24 bits per heavy atom. The molecule has 0 aliphatic rings. The van der Waals surface area contributed by atoms with Crippen molar-refractivity contribution >= 4 is 5.84 Å². The van der Waals surface area contributed by atoms with Crippen LogP contribution in [0.2, 0.25) is 0 Å². The topological polar surface area (TPSA) is 80.7 Å². The van der Waals surface area contributed by atoms with E-state index in [1.807, 2.05) is 0 Å². The van der Waals surface area contributed by atoms with E-state index in [1.54, 1.807) is 0 Å². The molecule has 0 saturated carbocycles. The van der Waals surface area contributed by atoms with Crippen molar-refractivity contribution in [2.75, 3.05) is 0 Å². The maximum Gasteiger partial charge on any atom is 0.425 e. The van der Waals surface area contributed by atoms with Crippen LogP contribution in [-0.2, 0) is 0 Å². The zero-order chi connectivity index (χ0) is 13.1. The van der Waals surface area contributed by atoms with Crippen LogP contribution < -0.4 is 10.5 Å². The minimum absolute atomic E-state index is 0.215. The van der Waals surface area contributed by atoms with Crippen molar-refractivity contribution < 1.29 is 23.1 Å². The summed E-state index contributed by atoms with van der Waals surface area (Å²) in [7, 11) is 0. The van der Waals surface area contributed by atoms with E-state index in [0.29, 0.717) is 0 Å². The SMILES string of the molecule is CC(Oc1cc(C(N)=NO)ccn1)C(F)(F)F. The number of ether oxygens (including phenoxy) is 1. The number of oxime groups is 1. The molecule has 3 N–H and O–H groups in total. The Morgan fingerprint density at radius 3 is 2.76 bits per heavy atom. The average molecular weight is 249 g/mol. The summed E-state index contributed by atoms with van der Waals surface area (Å²) >= 11 is 0. The molecule has 1 atom stereocenters. The molecule has 0 bridgehead atoms. The first-order valence-electron chi connectivity index (χ1n) is 4.52. The van der Waals surface area contributed by atoms with Crippen LogP contribution in [0.5, 0.6) is 5.88 Å². The van der Waals surface area contributed by atoms with Gasteiger partial charge in [0, 0.05) is 17.8 Å². The lowest BCUT2D eigenvalue weighted by Gasteiger charge is -2.16. The van der Waals surface area contributed by atoms with Crippen LogP contribution >= 0.6 is 0 Å². The largest absolute Gasteiger partial charge is 0.465 e. The maximum atomic E-state index is 12.2. The predicted octanol–water partition coefficient (Wildman–Crippen LogP) is 1.51. The number of halogens is 3. The molecule has 8 heteroatoms. The summed E-state index contributed by atoms with van der Waals surface area (Å²) in [5.74, 6) is -0.490. The molecule has 0 aliphatic carbocycles. The van der Waals surface area contributed by atoms with Gasteiger partial charge in [-0.1, -0.05) is 5.16 Å². The normalized spacial score (nSPS) is 14.5. The summed E-state index contributed by atoms with van der Waals surface area (Å²) in [6.07, 6.45) is -5.27. The van der Waals surface area contributed by atoms with Crippen molar-refractivity contribution in [2.45, 2.75) is 19.2 Å². The highest BCUT2D eigenvalue weighted by Gasteiger charge is 2.38. The van der Waals surface area contributed by atoms with E-state index in [4.69, 9.17) is 10.9 Å². The number of nitrogens with zero attached hydrogens (tertiary/aromatic N) is 2. The van der Waals surface area contributed by atoms with Gasteiger partial charge < -0.3 is 15.7 Å². The van der Waals surface area contributed by atoms with Gasteiger partial charge in [0.15, 0.2) is 11.9 Å². The summed E-state index contributed by atoms with van der Waals surface area (Å²) in [5, 5.41) is 11.1. The monoisotopic (exact) mass is 249 g/mol. The Bertz CT molecular complexity index is 420. The number of hydrogen-bond donors (Lipinski definition) is 2. The van der Waals surface area contributed by atoms with E-state index >= 15 is 0 Å². The molecule has 0 aliphatic heterocycles. The molecular formula is C9H10F3N3O2. The molecule has 94 valence electrons. The second-order valence-electron chi connectivity index (χ2n) is 3.17. The maximum absolute atomic E-state index is 12.2. The van der Waals surface area contributed by atoms with Gasteiger partial charge in [-0.2, -0.15) is 13.2 Å². The molecule has 17 heavy (non-hydrogen) atoms. The van der Waals surface area contributed by atoms with Gasteiger partial charge in [0.2, 0.25) is 5.88 Å². The van der Waals surface area contributed by atoms with Crippen LogP contribution in [0.25, 0.3) is 0 Å². The number of aromatic nitrogens is 1. The fourth-order valence-electron chi connectivity index (χ4n) is 0.939. The van der Waals surface area contributed by atoms with Gasteiger partial charge in [-0.15, -0.1) is 0 Å². The molecule has 0 spiro atoms. The van der Waals surface area contributed by atoms with Gasteiger partial charge in [0.05, 0.1) is 0 Å². The summed E-state index contributed by atoms with van der Waals surface area (Å²) < 4.78 is 41.2. The third kappa shape index (κ3) is 3.51. The highest BCUT2D eigenvalue weighted by molar-refractivity contribution is 5.97. The molecule has 1 aromatic heterocycles. The van der Waals surface area contributed by atoms with Crippen molar-refractivity contribution in [3.05, 3.63) is 23.9 Å². The third-order valence-electron chi connectivity index (χ3n) is 1.90. The molecule has 1 aromatic rings. The summed E-state index contributed by atoms with van der Waals surface area (Å²) in [5.41, 5.74) is 5.49. The van der Waals surface area contributed by atoms with Gasteiger partial charge in [0.1, 0.15) is 0 Å². The van der Waals surface area contributed by atoms with E-state index in [0.717, 1.165) is 13.0 Å². The van der Waals surface area contributed by atoms with Gasteiger partial charge >= 0.3 is 6.18 Å². The summed E-state index contributed by atoms with van der Waals surface area (Å²) in [6, 6.07) is 2.53. The number of nitrogens with two attached hydrogens (primary N) is 1. The zero-order valence-electron chi connectivity index (χ0n) is 8.77. The van der Waals surface area contributed by atoms with Crippen LogP contribution in [0, 0.1) is 0 Å². The number of hydrogen-bond acceptors (Lipinski definition) is 4. The lowest BCUT2D eigenvalue weighted by atomic mass is 10.2. The minimum Gasteiger partial charge on any atom is -0.465 e. The molecule has 1 rings (SSSR count). The Hall–Kier alpha value is -1.99. The highest BCUT2D eigenvalue weighted by atomic mass is 19.4. The second kappa shape index (κ2) is 4.89. The highest BCUT2D eigenvalue weighted by Crippen LogP contribution is 2.24. The standard InChI is InChI=1S/C9H10F3N3O2/c1-5(9(10,11)12)17-7-4-6(2-3-14-7)8(13)15-16/h2-5,16H,1H3,(H2,13,15). The van der Waals surface area contributed by atoms with Gasteiger partial charge in [-0.25, -0.2) is 4.98 Å². The quantitative estimate of drug-likeness (QED) is 0.368. The molecule has 5 nitrogen and oxygen atoms in total. The molecule has 0 aromatic carbocycles. The van der Waals surface area contributed by atoms with Crippen molar-refractivity contribution in [1.29, 1.82) is 0 Å². The van der Waals surface area contributed by atoms with Crippen molar-refractivity contribution in [3.63, 3.8) is 0 Å². The van der Waals surface area contributed by atoms with Crippen LogP contribution in [0.1, 0.15) is 12.5 Å². The van der Waals surface area contributed by atoms with Crippen LogP contribution in [0.15, 0.2) is 23.5 Å². The molecule has 0 saturated heterocycles. The Balaban J connectivity index is 2.87. The molecule has 1 unspecified atom stereocenters. The van der Waals surface area contributed by atoms with Gasteiger partial charge in [0.25, 0.3) is 0 Å². The van der Waals surface area contributed by atoms with Crippen molar-refractivity contribution in [2.24, 2.45) is 10.9 Å². The fraction of sp³-hybridized carbons (Fsp3) is 0.333. The van der Waals surface area contributed by atoms with Crippen molar-refractivity contribution in [1.82, 2.24) is 4.98 Å². The van der Waals surface area contributed by atoms with Gasteiger partial charge in [-0.05, 0) is 13.0 Å². The molecule has 0 radical (unpaired) electrons. The third-order valence-corrected chi connectivity index (χ3v) is 1.90. The number of alkyl halides is 3. The molecule has 0 amide bonds. The Morgan fingerprint density at radius 1 is 1.59 bits per heavy atom. The van der Waals surface area contributed by atoms with E-state index in [2.05, 4.69) is 14.9 Å². The van der Waals surface area contributed by atoms with Gasteiger partial charge in [-0.3, -0.25) is 0 Å². The van der Waals surface area contributed by atoms with E-state index < -0.39 is 12.3 Å². The van der Waals surface area contributed by atoms with E-state index in [-0.39, 0.29) is 17.3 Å². The second-order valence-corrected chi connectivity index (χ2v) is 3.17. The molecule has 1 heterocycles. The predicted molar refractivity (Wildman–Crippen MR) is 52.9 cm³/mol. The average Bonchev–Trinajstić information content (AvgIpc) is 2.27. The minimum atomic E-state index is -4.48. The van der Waals surface area contributed by atoms with E-state index in [9.17, 15) is 13.2 Å². The van der Waals surface area contributed by atoms with Crippen LogP contribution in [0.4, 0.5) is 13.2 Å². The number of pyridine rings is 1. The number of rotatable bonds is 3. The number of amidine groups is 1. The fourth-order valence-corrected chi connectivity index (χ4v) is 0.939. The van der Waals surface area contributed by atoms with E-state index in [1.165, 1.54) is 12.3 Å². The molecule has 0 fully saturated rings. The van der Waals surface area contributed by atoms with Crippen LogP contribution in [-0.4, -0.2) is 28.3 Å². The zero-order valence-corrected chi connectivity index (χ0v) is 8.77. The summed E-state index contributed by atoms with van der Waals surface area (Å²) in [6.45, 7) is 0.859. The smallest absolute Gasteiger partial charge is 0.425 e. The summed E-state index contributed by atoms with van der Waals surface area (Å²) in [4.78, 5) is 3.60. The molecular weight excluding hydrogens is 239 g/mol. The first-order valence-corrected chi connectivity index (χ1v) is 4.52. The Labute approximate surface area is 94.7 Å². The van der Waals surface area contributed by atoms with Crippen LogP contribution in [0.3, 0.4) is 0 Å². The van der Waals surface area contributed by atoms with Crippen molar-refractivity contribution in [3.8, 4) is 5.88 Å².